The number of carbonyl (C=O) groups excluding carboxylic acids is 1. The van der Waals surface area contributed by atoms with Crippen molar-refractivity contribution in [2.75, 3.05) is 5.73 Å². The topological polar surface area (TPSA) is 92.4 Å². The third-order valence-corrected chi connectivity index (χ3v) is 2.63. The molecule has 4 N–H and O–H groups in total. The van der Waals surface area contributed by atoms with E-state index < -0.39 is 29.2 Å². The van der Waals surface area contributed by atoms with E-state index >= 15 is 0 Å². The van der Waals surface area contributed by atoms with Crippen molar-refractivity contribution < 1.29 is 19.1 Å². The summed E-state index contributed by atoms with van der Waals surface area (Å²) < 4.78 is 13.6. The lowest BCUT2D eigenvalue weighted by Crippen LogP contribution is -2.49. The van der Waals surface area contributed by atoms with Crippen LogP contribution in [0, 0.1) is 11.2 Å². The van der Waals surface area contributed by atoms with E-state index in [-0.39, 0.29) is 11.3 Å². The maximum Gasteiger partial charge on any atom is 0.326 e. The first-order valence-electron chi connectivity index (χ1n) is 5.71. The monoisotopic (exact) mass is 268 g/mol. The Kier molecular flexibility index (Phi) is 4.14. The number of rotatable bonds is 3. The average molecular weight is 268 g/mol. The minimum Gasteiger partial charge on any atom is -0.480 e. The number of hydrogen-bond acceptors (Lipinski definition) is 3. The zero-order valence-electron chi connectivity index (χ0n) is 11.0. The highest BCUT2D eigenvalue weighted by molar-refractivity contribution is 5.97. The summed E-state index contributed by atoms with van der Waals surface area (Å²) in [6.45, 7) is 5.02. The summed E-state index contributed by atoms with van der Waals surface area (Å²) in [6, 6.07) is 2.51. The van der Waals surface area contributed by atoms with Gasteiger partial charge in [0.2, 0.25) is 0 Å². The smallest absolute Gasteiger partial charge is 0.326 e. The first-order chi connectivity index (χ1) is 8.62. The molecule has 1 atom stereocenters. The summed E-state index contributed by atoms with van der Waals surface area (Å²) >= 11 is 0. The van der Waals surface area contributed by atoms with Gasteiger partial charge >= 0.3 is 5.97 Å². The lowest BCUT2D eigenvalue weighted by Gasteiger charge is -2.27. The van der Waals surface area contributed by atoms with Gasteiger partial charge < -0.3 is 16.2 Å². The molecule has 0 saturated carbocycles. The normalized spacial score (nSPS) is 12.8. The highest BCUT2D eigenvalue weighted by atomic mass is 19.1. The van der Waals surface area contributed by atoms with Crippen LogP contribution >= 0.6 is 0 Å². The number of carbonyl (C=O) groups is 2. The number of carboxylic acid groups (broad SMARTS) is 1. The van der Waals surface area contributed by atoms with Gasteiger partial charge in [-0.1, -0.05) is 20.8 Å². The van der Waals surface area contributed by atoms with Crippen molar-refractivity contribution in [3.05, 3.63) is 29.6 Å². The quantitative estimate of drug-likeness (QED) is 0.726. The Morgan fingerprint density at radius 3 is 2.37 bits per heavy atom. The van der Waals surface area contributed by atoms with Gasteiger partial charge in [-0.15, -0.1) is 0 Å². The SMILES string of the molecule is CC(C)(C)[C@@H](NC(=O)c1ccc(N)cc1F)C(=O)O. The van der Waals surface area contributed by atoms with Crippen LogP contribution in [0.3, 0.4) is 0 Å². The fourth-order valence-corrected chi connectivity index (χ4v) is 1.57. The molecular weight excluding hydrogens is 251 g/mol. The second-order valence-electron chi connectivity index (χ2n) is 5.35. The number of nitrogens with two attached hydrogens (primary N) is 1. The van der Waals surface area contributed by atoms with Crippen molar-refractivity contribution in [1.29, 1.82) is 0 Å². The fraction of sp³-hybridized carbons (Fsp3) is 0.385. The maximum atomic E-state index is 13.6. The van der Waals surface area contributed by atoms with E-state index in [1.165, 1.54) is 12.1 Å². The van der Waals surface area contributed by atoms with Crippen molar-refractivity contribution in [3.8, 4) is 0 Å². The Balaban J connectivity index is 2.98. The Morgan fingerprint density at radius 1 is 1.37 bits per heavy atom. The predicted molar refractivity (Wildman–Crippen MR) is 69.2 cm³/mol. The fourth-order valence-electron chi connectivity index (χ4n) is 1.57. The van der Waals surface area contributed by atoms with E-state index in [1.54, 1.807) is 20.8 Å². The maximum absolute atomic E-state index is 13.6. The molecule has 1 aromatic rings. The summed E-state index contributed by atoms with van der Waals surface area (Å²) in [5.41, 5.74) is 4.65. The lowest BCUT2D eigenvalue weighted by molar-refractivity contribution is -0.142. The van der Waals surface area contributed by atoms with Crippen LogP contribution in [0.2, 0.25) is 0 Å². The summed E-state index contributed by atoms with van der Waals surface area (Å²) in [7, 11) is 0. The van der Waals surface area contributed by atoms with E-state index in [1.807, 2.05) is 0 Å². The molecule has 0 fully saturated rings. The van der Waals surface area contributed by atoms with Gasteiger partial charge in [-0.2, -0.15) is 0 Å². The number of nitrogens with one attached hydrogen (secondary N) is 1. The molecule has 5 nitrogen and oxygen atoms in total. The van der Waals surface area contributed by atoms with Crippen LogP contribution < -0.4 is 11.1 Å². The molecule has 0 saturated heterocycles. The molecule has 0 heterocycles. The van der Waals surface area contributed by atoms with Gasteiger partial charge in [0.1, 0.15) is 11.9 Å². The minimum atomic E-state index is -1.17. The summed E-state index contributed by atoms with van der Waals surface area (Å²) in [5, 5.41) is 11.4. The van der Waals surface area contributed by atoms with Gasteiger partial charge in [0.05, 0.1) is 5.56 Å². The van der Waals surface area contributed by atoms with Gasteiger partial charge in [-0.25, -0.2) is 9.18 Å². The van der Waals surface area contributed by atoms with E-state index in [2.05, 4.69) is 5.32 Å². The third-order valence-electron chi connectivity index (χ3n) is 2.63. The van der Waals surface area contributed by atoms with Crippen LogP contribution in [0.5, 0.6) is 0 Å². The number of amides is 1. The molecule has 0 aromatic heterocycles. The number of carboxylic acids is 1. The Morgan fingerprint density at radius 2 is 1.95 bits per heavy atom. The van der Waals surface area contributed by atoms with E-state index in [0.29, 0.717) is 0 Å². The van der Waals surface area contributed by atoms with Crippen LogP contribution in [0.1, 0.15) is 31.1 Å². The summed E-state index contributed by atoms with van der Waals surface area (Å²) in [5.74, 6) is -2.73. The van der Waals surface area contributed by atoms with Crippen LogP contribution in [0.15, 0.2) is 18.2 Å². The molecule has 19 heavy (non-hydrogen) atoms. The first-order valence-corrected chi connectivity index (χ1v) is 5.71. The highest BCUT2D eigenvalue weighted by Crippen LogP contribution is 2.20. The van der Waals surface area contributed by atoms with Gasteiger partial charge in [-0.3, -0.25) is 4.79 Å². The Hall–Kier alpha value is -2.11. The van der Waals surface area contributed by atoms with Crippen molar-refractivity contribution in [2.24, 2.45) is 5.41 Å². The van der Waals surface area contributed by atoms with Crippen LogP contribution in [-0.4, -0.2) is 23.0 Å². The molecule has 0 radical (unpaired) electrons. The number of anilines is 1. The molecule has 1 aromatic carbocycles. The van der Waals surface area contributed by atoms with Crippen molar-refractivity contribution in [3.63, 3.8) is 0 Å². The van der Waals surface area contributed by atoms with Crippen LogP contribution in [0.4, 0.5) is 10.1 Å². The molecule has 0 aliphatic rings. The van der Waals surface area contributed by atoms with Gasteiger partial charge in [0.15, 0.2) is 0 Å². The second kappa shape index (κ2) is 5.26. The van der Waals surface area contributed by atoms with Crippen LogP contribution in [-0.2, 0) is 4.79 Å². The molecule has 0 bridgehead atoms. The molecule has 1 amide bonds. The number of hydrogen-bond donors (Lipinski definition) is 3. The average Bonchev–Trinajstić information content (AvgIpc) is 2.23. The molecule has 1 rings (SSSR count). The third kappa shape index (κ3) is 3.67. The zero-order chi connectivity index (χ0) is 14.8. The standard InChI is InChI=1S/C13H17FN2O3/c1-13(2,3)10(12(18)19)16-11(17)8-5-4-7(15)6-9(8)14/h4-6,10H,15H2,1-3H3,(H,16,17)(H,18,19)/t10-/m0/s1. The van der Waals surface area contributed by atoms with Gasteiger partial charge in [0.25, 0.3) is 5.91 Å². The largest absolute Gasteiger partial charge is 0.480 e. The molecule has 0 unspecified atom stereocenters. The zero-order valence-corrected chi connectivity index (χ0v) is 11.0. The number of halogens is 1. The van der Waals surface area contributed by atoms with Gasteiger partial charge in [-0.05, 0) is 23.6 Å². The Labute approximate surface area is 110 Å². The first kappa shape index (κ1) is 14.9. The lowest BCUT2D eigenvalue weighted by atomic mass is 9.86. The predicted octanol–water partition coefficient (Wildman–Crippen LogP) is 1.64. The van der Waals surface area contributed by atoms with Gasteiger partial charge in [0, 0.05) is 5.69 Å². The molecule has 0 aliphatic carbocycles. The van der Waals surface area contributed by atoms with E-state index in [4.69, 9.17) is 10.8 Å². The summed E-state index contributed by atoms with van der Waals surface area (Å²) in [6.07, 6.45) is 0. The van der Waals surface area contributed by atoms with Crippen molar-refractivity contribution >= 4 is 17.6 Å². The van der Waals surface area contributed by atoms with Crippen LogP contribution in [0.25, 0.3) is 0 Å². The highest BCUT2D eigenvalue weighted by Gasteiger charge is 2.33. The second-order valence-corrected chi connectivity index (χ2v) is 5.35. The number of aliphatic carboxylic acids is 1. The molecule has 6 heteroatoms. The molecule has 0 spiro atoms. The van der Waals surface area contributed by atoms with Crippen molar-refractivity contribution in [1.82, 2.24) is 5.32 Å². The molecular formula is C13H17FN2O3. The molecule has 104 valence electrons. The number of nitrogen functional groups attached to an aromatic ring is 1. The molecule has 0 aliphatic heterocycles. The Bertz CT molecular complexity index is 509. The summed E-state index contributed by atoms with van der Waals surface area (Å²) in [4.78, 5) is 23.0. The van der Waals surface area contributed by atoms with E-state index in [0.717, 1.165) is 6.07 Å². The van der Waals surface area contributed by atoms with E-state index in [9.17, 15) is 14.0 Å². The minimum absolute atomic E-state index is 0.194. The van der Waals surface area contributed by atoms with Crippen molar-refractivity contribution in [2.45, 2.75) is 26.8 Å². The number of benzene rings is 1.